The smallest absolute Gasteiger partial charge is 0.191 e. The Hall–Kier alpha value is -2.05. The summed E-state index contributed by atoms with van der Waals surface area (Å²) in [6.45, 7) is 7.93. The van der Waals surface area contributed by atoms with Crippen molar-refractivity contribution in [1.29, 1.82) is 0 Å². The topological polar surface area (TPSA) is 69.1 Å². The van der Waals surface area contributed by atoms with E-state index in [0.717, 1.165) is 51.6 Å². The molecule has 3 rings (SSSR count). The highest BCUT2D eigenvalue weighted by atomic mass is 16.5. The standard InChI is InChI=1S/C21H32N4O2/c1-2-22-20(24-16-21(9-13-26)10-14-27-17-21)23-15-18-5-7-19(8-6-18)25-11-3-4-12-25/h3-8,26H,2,9-17H2,1H3,(H2,22,23,24). The zero-order chi connectivity index (χ0) is 19.0. The zero-order valence-corrected chi connectivity index (χ0v) is 16.3. The van der Waals surface area contributed by atoms with Crippen molar-refractivity contribution in [3.05, 3.63) is 42.0 Å². The minimum Gasteiger partial charge on any atom is -0.396 e. The van der Waals surface area contributed by atoms with Crippen LogP contribution in [-0.2, 0) is 11.3 Å². The Morgan fingerprint density at radius 3 is 2.63 bits per heavy atom. The maximum Gasteiger partial charge on any atom is 0.191 e. The predicted molar refractivity (Wildman–Crippen MR) is 110 cm³/mol. The predicted octanol–water partition coefficient (Wildman–Crippen LogP) is 1.91. The first kappa shape index (κ1) is 19.7. The summed E-state index contributed by atoms with van der Waals surface area (Å²) in [5, 5.41) is 16.1. The molecule has 3 N–H and O–H groups in total. The molecule has 1 saturated heterocycles. The van der Waals surface area contributed by atoms with Gasteiger partial charge in [-0.05, 0) is 37.5 Å². The average Bonchev–Trinajstić information content (AvgIpc) is 3.37. The van der Waals surface area contributed by atoms with Crippen LogP contribution in [0.1, 0.15) is 25.3 Å². The second-order valence-corrected chi connectivity index (χ2v) is 7.37. The van der Waals surface area contributed by atoms with Crippen LogP contribution in [0.5, 0.6) is 0 Å². The summed E-state index contributed by atoms with van der Waals surface area (Å²) in [6.07, 6.45) is 6.13. The van der Waals surface area contributed by atoms with Gasteiger partial charge in [-0.2, -0.15) is 0 Å². The minimum absolute atomic E-state index is 0.0103. The van der Waals surface area contributed by atoms with Crippen molar-refractivity contribution in [2.24, 2.45) is 10.4 Å². The lowest BCUT2D eigenvalue weighted by Gasteiger charge is -2.27. The van der Waals surface area contributed by atoms with Gasteiger partial charge in [0.2, 0.25) is 0 Å². The SMILES string of the molecule is CCNC(=NCc1ccc(N2CC=CC2)cc1)NCC1(CCO)CCOC1. The van der Waals surface area contributed by atoms with Gasteiger partial charge in [0.1, 0.15) is 0 Å². The van der Waals surface area contributed by atoms with Crippen LogP contribution in [0, 0.1) is 5.41 Å². The molecule has 0 radical (unpaired) electrons. The fourth-order valence-corrected chi connectivity index (χ4v) is 3.60. The van der Waals surface area contributed by atoms with Gasteiger partial charge >= 0.3 is 0 Å². The van der Waals surface area contributed by atoms with Gasteiger partial charge in [-0.25, -0.2) is 4.99 Å². The van der Waals surface area contributed by atoms with Gasteiger partial charge in [-0.1, -0.05) is 24.3 Å². The molecule has 6 nitrogen and oxygen atoms in total. The summed E-state index contributed by atoms with van der Waals surface area (Å²) in [6, 6.07) is 8.65. The van der Waals surface area contributed by atoms with Gasteiger partial charge < -0.3 is 25.4 Å². The molecule has 2 aliphatic rings. The molecule has 0 amide bonds. The number of hydrogen-bond acceptors (Lipinski definition) is 4. The molecular formula is C21H32N4O2. The molecule has 0 aliphatic carbocycles. The lowest BCUT2D eigenvalue weighted by atomic mass is 9.84. The first-order valence-electron chi connectivity index (χ1n) is 9.94. The van der Waals surface area contributed by atoms with Crippen molar-refractivity contribution >= 4 is 11.6 Å². The minimum atomic E-state index is 0.0103. The van der Waals surface area contributed by atoms with Crippen molar-refractivity contribution < 1.29 is 9.84 Å². The summed E-state index contributed by atoms with van der Waals surface area (Å²) in [7, 11) is 0. The number of nitrogens with zero attached hydrogens (tertiary/aromatic N) is 2. The monoisotopic (exact) mass is 372 g/mol. The molecule has 0 spiro atoms. The zero-order valence-electron chi connectivity index (χ0n) is 16.3. The van der Waals surface area contributed by atoms with Crippen LogP contribution in [0.15, 0.2) is 41.4 Å². The molecule has 0 saturated carbocycles. The lowest BCUT2D eigenvalue weighted by molar-refractivity contribution is 0.127. The molecule has 0 aromatic heterocycles. The normalized spacial score (nSPS) is 22.4. The number of nitrogens with one attached hydrogen (secondary N) is 2. The van der Waals surface area contributed by atoms with E-state index in [1.807, 2.05) is 0 Å². The molecule has 1 aromatic carbocycles. The molecule has 2 aliphatic heterocycles. The molecule has 148 valence electrons. The van der Waals surface area contributed by atoms with Crippen LogP contribution in [0.4, 0.5) is 5.69 Å². The van der Waals surface area contributed by atoms with Crippen molar-refractivity contribution in [1.82, 2.24) is 10.6 Å². The molecule has 0 bridgehead atoms. The van der Waals surface area contributed by atoms with Gasteiger partial charge in [0.05, 0.1) is 13.2 Å². The van der Waals surface area contributed by atoms with Crippen LogP contribution in [0.3, 0.4) is 0 Å². The molecule has 1 atom stereocenters. The lowest BCUT2D eigenvalue weighted by Crippen LogP contribution is -2.44. The van der Waals surface area contributed by atoms with Gasteiger partial charge in [0.25, 0.3) is 0 Å². The van der Waals surface area contributed by atoms with E-state index in [-0.39, 0.29) is 12.0 Å². The second kappa shape index (κ2) is 9.76. The number of aliphatic imine (C=N–C) groups is 1. The van der Waals surface area contributed by atoms with E-state index in [0.29, 0.717) is 13.2 Å². The molecule has 1 aromatic rings. The molecule has 1 fully saturated rings. The summed E-state index contributed by atoms with van der Waals surface area (Å²) >= 11 is 0. The number of ether oxygens (including phenoxy) is 1. The number of hydrogen-bond donors (Lipinski definition) is 3. The van der Waals surface area contributed by atoms with E-state index in [1.54, 1.807) is 0 Å². The van der Waals surface area contributed by atoms with Gasteiger partial charge in [0, 0.05) is 50.5 Å². The average molecular weight is 373 g/mol. The number of guanidine groups is 1. The van der Waals surface area contributed by atoms with Gasteiger partial charge in [-0.15, -0.1) is 0 Å². The van der Waals surface area contributed by atoms with E-state index in [1.165, 1.54) is 11.3 Å². The van der Waals surface area contributed by atoms with Crippen molar-refractivity contribution in [3.8, 4) is 0 Å². The Kier molecular flexibility index (Phi) is 7.12. The summed E-state index contributed by atoms with van der Waals surface area (Å²) in [5.41, 5.74) is 2.46. The van der Waals surface area contributed by atoms with E-state index in [4.69, 9.17) is 9.73 Å². The highest BCUT2D eigenvalue weighted by Gasteiger charge is 2.34. The van der Waals surface area contributed by atoms with Crippen LogP contribution in [0.25, 0.3) is 0 Å². The maximum atomic E-state index is 9.38. The number of aliphatic hydroxyl groups is 1. The number of rotatable bonds is 8. The van der Waals surface area contributed by atoms with E-state index < -0.39 is 0 Å². The van der Waals surface area contributed by atoms with E-state index in [9.17, 15) is 5.11 Å². The van der Waals surface area contributed by atoms with Crippen LogP contribution >= 0.6 is 0 Å². The highest BCUT2D eigenvalue weighted by molar-refractivity contribution is 5.79. The Balaban J connectivity index is 1.56. The van der Waals surface area contributed by atoms with Gasteiger partial charge in [0.15, 0.2) is 5.96 Å². The Morgan fingerprint density at radius 1 is 1.22 bits per heavy atom. The fourth-order valence-electron chi connectivity index (χ4n) is 3.60. The second-order valence-electron chi connectivity index (χ2n) is 7.37. The first-order chi connectivity index (χ1) is 13.2. The Labute approximate surface area is 162 Å². The third kappa shape index (κ3) is 5.47. The highest BCUT2D eigenvalue weighted by Crippen LogP contribution is 2.31. The summed E-state index contributed by atoms with van der Waals surface area (Å²) in [4.78, 5) is 7.06. The van der Waals surface area contributed by atoms with Crippen molar-refractivity contribution in [2.45, 2.75) is 26.3 Å². The first-order valence-corrected chi connectivity index (χ1v) is 9.94. The molecular weight excluding hydrogens is 340 g/mol. The largest absolute Gasteiger partial charge is 0.396 e. The summed E-state index contributed by atoms with van der Waals surface area (Å²) in [5.74, 6) is 0.814. The fraction of sp³-hybridized carbons (Fsp3) is 0.571. The van der Waals surface area contributed by atoms with E-state index >= 15 is 0 Å². The molecule has 27 heavy (non-hydrogen) atoms. The summed E-state index contributed by atoms with van der Waals surface area (Å²) < 4.78 is 5.57. The van der Waals surface area contributed by atoms with Crippen molar-refractivity contribution in [3.63, 3.8) is 0 Å². The van der Waals surface area contributed by atoms with Gasteiger partial charge in [-0.3, -0.25) is 0 Å². The number of anilines is 1. The van der Waals surface area contributed by atoms with Crippen LogP contribution in [0.2, 0.25) is 0 Å². The number of benzene rings is 1. The van der Waals surface area contributed by atoms with Crippen LogP contribution < -0.4 is 15.5 Å². The maximum absolute atomic E-state index is 9.38. The third-order valence-electron chi connectivity index (χ3n) is 5.34. The molecule has 1 unspecified atom stereocenters. The molecule has 2 heterocycles. The van der Waals surface area contributed by atoms with Crippen LogP contribution in [-0.4, -0.2) is 57.1 Å². The molecule has 6 heteroatoms. The quantitative estimate of drug-likeness (QED) is 0.369. The Morgan fingerprint density at radius 2 is 2.00 bits per heavy atom. The van der Waals surface area contributed by atoms with E-state index in [2.05, 4.69) is 58.9 Å². The third-order valence-corrected chi connectivity index (χ3v) is 5.34. The number of aliphatic hydroxyl groups excluding tert-OH is 1. The Bertz CT molecular complexity index is 628. The van der Waals surface area contributed by atoms with Crippen molar-refractivity contribution in [2.75, 3.05) is 50.9 Å².